The van der Waals surface area contributed by atoms with Crippen LogP contribution in [-0.2, 0) is 4.79 Å². The number of nitro benzene ring substituents is 1. The lowest BCUT2D eigenvalue weighted by Gasteiger charge is -2.12. The molecule has 0 saturated heterocycles. The second-order valence-electron chi connectivity index (χ2n) is 4.87. The molecule has 7 nitrogen and oxygen atoms in total. The normalized spacial score (nSPS) is 15.2. The predicted octanol–water partition coefficient (Wildman–Crippen LogP) is 1.77. The van der Waals surface area contributed by atoms with Crippen molar-refractivity contribution in [2.45, 2.75) is 31.7 Å². The lowest BCUT2D eigenvalue weighted by Crippen LogP contribution is -2.34. The average Bonchev–Trinajstić information content (AvgIpc) is 2.91. The van der Waals surface area contributed by atoms with Crippen LogP contribution in [0.15, 0.2) is 18.2 Å². The predicted molar refractivity (Wildman–Crippen MR) is 73.6 cm³/mol. The monoisotopic (exact) mass is 279 g/mol. The number of hydrogen-bond donors (Lipinski definition) is 3. The zero-order chi connectivity index (χ0) is 14.5. The molecular weight excluding hydrogens is 262 g/mol. The van der Waals surface area contributed by atoms with Crippen LogP contribution in [0.25, 0.3) is 0 Å². The van der Waals surface area contributed by atoms with E-state index in [0.29, 0.717) is 6.04 Å². The third-order valence-electron chi connectivity index (χ3n) is 3.37. The van der Waals surface area contributed by atoms with Gasteiger partial charge in [0.25, 0.3) is 5.69 Å². The maximum Gasteiger partial charge on any atom is 0.273 e. The van der Waals surface area contributed by atoms with Gasteiger partial charge in [0, 0.05) is 12.1 Å². The van der Waals surface area contributed by atoms with Gasteiger partial charge < -0.3 is 15.7 Å². The summed E-state index contributed by atoms with van der Waals surface area (Å²) in [5.74, 6) is -0.588. The Labute approximate surface area is 116 Å². The molecule has 7 heteroatoms. The van der Waals surface area contributed by atoms with E-state index in [2.05, 4.69) is 10.6 Å². The molecule has 2 rings (SSSR count). The number of nitro groups is 1. The van der Waals surface area contributed by atoms with Crippen molar-refractivity contribution in [2.75, 3.05) is 11.9 Å². The molecule has 1 aromatic rings. The number of anilines is 1. The zero-order valence-electron chi connectivity index (χ0n) is 11.0. The molecular formula is C13H17N3O4. The first kappa shape index (κ1) is 14.3. The number of phenolic OH excluding ortho intramolecular Hbond substituents is 1. The van der Waals surface area contributed by atoms with Gasteiger partial charge in [-0.2, -0.15) is 0 Å². The molecule has 0 spiro atoms. The van der Waals surface area contributed by atoms with Gasteiger partial charge in [-0.25, -0.2) is 0 Å². The van der Waals surface area contributed by atoms with E-state index < -0.39 is 4.92 Å². The summed E-state index contributed by atoms with van der Waals surface area (Å²) >= 11 is 0. The topological polar surface area (TPSA) is 104 Å². The van der Waals surface area contributed by atoms with Crippen LogP contribution in [0.5, 0.6) is 5.75 Å². The maximum atomic E-state index is 11.7. The van der Waals surface area contributed by atoms with E-state index >= 15 is 0 Å². The summed E-state index contributed by atoms with van der Waals surface area (Å²) in [4.78, 5) is 21.7. The van der Waals surface area contributed by atoms with Crippen molar-refractivity contribution in [3.8, 4) is 5.75 Å². The highest BCUT2D eigenvalue weighted by molar-refractivity contribution is 5.93. The number of phenols is 1. The van der Waals surface area contributed by atoms with Crippen LogP contribution in [0.2, 0.25) is 0 Å². The molecule has 0 bridgehead atoms. The van der Waals surface area contributed by atoms with Crippen LogP contribution in [0.1, 0.15) is 25.7 Å². The van der Waals surface area contributed by atoms with Crippen molar-refractivity contribution in [1.29, 1.82) is 0 Å². The van der Waals surface area contributed by atoms with E-state index in [4.69, 9.17) is 0 Å². The van der Waals surface area contributed by atoms with Crippen molar-refractivity contribution >= 4 is 17.3 Å². The minimum Gasteiger partial charge on any atom is -0.506 e. The fourth-order valence-electron chi connectivity index (χ4n) is 2.30. The quantitative estimate of drug-likeness (QED) is 0.433. The summed E-state index contributed by atoms with van der Waals surface area (Å²) in [7, 11) is 0. The average molecular weight is 279 g/mol. The van der Waals surface area contributed by atoms with Crippen molar-refractivity contribution in [2.24, 2.45) is 0 Å². The number of nitrogens with zero attached hydrogens (tertiary/aromatic N) is 1. The second-order valence-corrected chi connectivity index (χ2v) is 4.87. The maximum absolute atomic E-state index is 11.7. The highest BCUT2D eigenvalue weighted by Crippen LogP contribution is 2.27. The van der Waals surface area contributed by atoms with Gasteiger partial charge in [-0.15, -0.1) is 0 Å². The summed E-state index contributed by atoms with van der Waals surface area (Å²) < 4.78 is 0. The highest BCUT2D eigenvalue weighted by Gasteiger charge is 2.16. The van der Waals surface area contributed by atoms with Crippen LogP contribution in [0.4, 0.5) is 11.4 Å². The van der Waals surface area contributed by atoms with Gasteiger partial charge in [0.2, 0.25) is 5.91 Å². The number of non-ortho nitro benzene ring substituents is 1. The number of rotatable bonds is 5. The molecule has 0 atom stereocenters. The molecule has 20 heavy (non-hydrogen) atoms. The number of amides is 1. The van der Waals surface area contributed by atoms with Crippen molar-refractivity contribution in [3.63, 3.8) is 0 Å². The molecule has 1 aromatic carbocycles. The highest BCUT2D eigenvalue weighted by atomic mass is 16.6. The van der Waals surface area contributed by atoms with Gasteiger partial charge in [0.15, 0.2) is 0 Å². The SMILES string of the molecule is O=C(CNC1CCCC1)Nc1ccc([N+](=O)[O-])cc1O. The molecule has 0 radical (unpaired) electrons. The Balaban J connectivity index is 1.88. The van der Waals surface area contributed by atoms with Crippen LogP contribution < -0.4 is 10.6 Å². The van der Waals surface area contributed by atoms with E-state index in [0.717, 1.165) is 18.9 Å². The third kappa shape index (κ3) is 3.67. The minimum absolute atomic E-state index is 0.168. The van der Waals surface area contributed by atoms with E-state index in [-0.39, 0.29) is 29.6 Å². The Kier molecular flexibility index (Phi) is 4.52. The lowest BCUT2D eigenvalue weighted by molar-refractivity contribution is -0.384. The van der Waals surface area contributed by atoms with Gasteiger partial charge in [-0.3, -0.25) is 14.9 Å². The molecule has 1 fully saturated rings. The fourth-order valence-corrected chi connectivity index (χ4v) is 2.30. The van der Waals surface area contributed by atoms with Gasteiger partial charge >= 0.3 is 0 Å². The molecule has 1 aliphatic carbocycles. The molecule has 0 heterocycles. The first-order valence-electron chi connectivity index (χ1n) is 6.57. The number of nitrogens with one attached hydrogen (secondary N) is 2. The van der Waals surface area contributed by atoms with Crippen LogP contribution in [0, 0.1) is 10.1 Å². The number of hydrogen-bond acceptors (Lipinski definition) is 5. The number of benzene rings is 1. The zero-order valence-corrected chi connectivity index (χ0v) is 11.0. The third-order valence-corrected chi connectivity index (χ3v) is 3.37. The van der Waals surface area contributed by atoms with E-state index in [9.17, 15) is 20.0 Å². The van der Waals surface area contributed by atoms with Gasteiger partial charge in [0.05, 0.1) is 23.2 Å². The molecule has 1 aliphatic rings. The molecule has 1 amide bonds. The lowest BCUT2D eigenvalue weighted by atomic mass is 10.2. The van der Waals surface area contributed by atoms with E-state index in [1.54, 1.807) is 0 Å². The Morgan fingerprint density at radius 1 is 1.40 bits per heavy atom. The summed E-state index contributed by atoms with van der Waals surface area (Å²) in [5.41, 5.74) is -0.0431. The van der Waals surface area contributed by atoms with Gasteiger partial charge in [-0.05, 0) is 18.9 Å². The fraction of sp³-hybridized carbons (Fsp3) is 0.462. The summed E-state index contributed by atoms with van der Waals surface area (Å²) in [6.45, 7) is 0.168. The Bertz CT molecular complexity index is 512. The van der Waals surface area contributed by atoms with Crippen molar-refractivity contribution < 1.29 is 14.8 Å². The van der Waals surface area contributed by atoms with E-state index in [1.807, 2.05) is 0 Å². The van der Waals surface area contributed by atoms with Crippen molar-refractivity contribution in [3.05, 3.63) is 28.3 Å². The number of aromatic hydroxyl groups is 1. The second kappa shape index (κ2) is 6.33. The number of carbonyl (C=O) groups is 1. The summed E-state index contributed by atoms with van der Waals surface area (Å²) in [6.07, 6.45) is 4.52. The van der Waals surface area contributed by atoms with Crippen LogP contribution in [0.3, 0.4) is 0 Å². The van der Waals surface area contributed by atoms with Crippen LogP contribution >= 0.6 is 0 Å². The van der Waals surface area contributed by atoms with Gasteiger partial charge in [-0.1, -0.05) is 12.8 Å². The number of carbonyl (C=O) groups excluding carboxylic acids is 1. The Morgan fingerprint density at radius 2 is 2.10 bits per heavy atom. The first-order valence-corrected chi connectivity index (χ1v) is 6.57. The standard InChI is InChI=1S/C13H17N3O4/c17-12-7-10(16(19)20)5-6-11(12)15-13(18)8-14-9-3-1-2-4-9/h5-7,9,14,17H,1-4,8H2,(H,15,18). The molecule has 108 valence electrons. The summed E-state index contributed by atoms with van der Waals surface area (Å²) in [6, 6.07) is 3.95. The molecule has 3 N–H and O–H groups in total. The molecule has 0 unspecified atom stereocenters. The van der Waals surface area contributed by atoms with Crippen LogP contribution in [-0.4, -0.2) is 28.5 Å². The Hall–Kier alpha value is -2.15. The smallest absolute Gasteiger partial charge is 0.273 e. The van der Waals surface area contributed by atoms with Gasteiger partial charge in [0.1, 0.15) is 5.75 Å². The first-order chi connectivity index (χ1) is 9.56. The summed E-state index contributed by atoms with van der Waals surface area (Å²) in [5, 5.41) is 25.8. The molecule has 1 saturated carbocycles. The minimum atomic E-state index is -0.604. The molecule has 0 aliphatic heterocycles. The van der Waals surface area contributed by atoms with Crippen molar-refractivity contribution in [1.82, 2.24) is 5.32 Å². The van der Waals surface area contributed by atoms with E-state index in [1.165, 1.54) is 25.0 Å². The Morgan fingerprint density at radius 3 is 2.70 bits per heavy atom. The largest absolute Gasteiger partial charge is 0.506 e. The molecule has 0 aromatic heterocycles.